The van der Waals surface area contributed by atoms with Gasteiger partial charge in [-0.25, -0.2) is 0 Å². The van der Waals surface area contributed by atoms with Gasteiger partial charge < -0.3 is 9.15 Å². The van der Waals surface area contributed by atoms with Gasteiger partial charge in [-0.2, -0.15) is 0 Å². The van der Waals surface area contributed by atoms with Crippen molar-refractivity contribution < 1.29 is 18.9 Å². The van der Waals surface area contributed by atoms with E-state index in [4.69, 9.17) is 9.15 Å². The molecule has 0 spiro atoms. The number of anilines is 1. The van der Waals surface area contributed by atoms with Crippen molar-refractivity contribution in [1.29, 1.82) is 0 Å². The van der Waals surface area contributed by atoms with Gasteiger partial charge >= 0.3 is 11.0 Å². The monoisotopic (exact) mass is 310 g/mol. The third kappa shape index (κ3) is 2.90. The van der Waals surface area contributed by atoms with Gasteiger partial charge in [0.15, 0.2) is 0 Å². The Morgan fingerprint density at radius 3 is 3.00 bits per heavy atom. The van der Waals surface area contributed by atoms with Crippen LogP contribution >= 0.6 is 11.3 Å². The summed E-state index contributed by atoms with van der Waals surface area (Å²) in [4.78, 5) is 22.1. The zero-order valence-electron chi connectivity index (χ0n) is 10.6. The van der Waals surface area contributed by atoms with Crippen molar-refractivity contribution in [2.24, 2.45) is 0 Å². The van der Waals surface area contributed by atoms with Crippen LogP contribution in [0.15, 0.2) is 16.5 Å². The van der Waals surface area contributed by atoms with Gasteiger partial charge in [0.25, 0.3) is 5.91 Å². The summed E-state index contributed by atoms with van der Waals surface area (Å²) in [5.74, 6) is -0.212. The molecule has 2 aromatic heterocycles. The molecule has 1 aliphatic heterocycles. The summed E-state index contributed by atoms with van der Waals surface area (Å²) >= 11 is 0.775. The predicted molar refractivity (Wildman–Crippen MR) is 71.2 cm³/mol. The van der Waals surface area contributed by atoms with Crippen LogP contribution in [-0.2, 0) is 4.74 Å². The Morgan fingerprint density at radius 1 is 1.48 bits per heavy atom. The maximum atomic E-state index is 11.9. The fraction of sp³-hybridized carbons (Fsp3) is 0.364. The van der Waals surface area contributed by atoms with E-state index >= 15 is 0 Å². The number of nitro groups is 1. The van der Waals surface area contributed by atoms with Crippen molar-refractivity contribution in [1.82, 2.24) is 10.2 Å². The molecule has 1 amide bonds. The highest BCUT2D eigenvalue weighted by Crippen LogP contribution is 2.28. The molecule has 110 valence electrons. The van der Waals surface area contributed by atoms with Crippen molar-refractivity contribution in [3.63, 3.8) is 0 Å². The van der Waals surface area contributed by atoms with Gasteiger partial charge in [-0.1, -0.05) is 16.4 Å². The SMILES string of the molecule is O=C(Nc1nnc([C@H]2CCCO2)o1)c1ccc([N+](=O)[O-])s1. The van der Waals surface area contributed by atoms with Crippen LogP contribution in [-0.4, -0.2) is 27.6 Å². The summed E-state index contributed by atoms with van der Waals surface area (Å²) in [5, 5.41) is 20.4. The smallest absolute Gasteiger partial charge is 0.324 e. The topological polar surface area (TPSA) is 120 Å². The first kappa shape index (κ1) is 13.6. The minimum absolute atomic E-state index is 0.0541. The maximum absolute atomic E-state index is 11.9. The van der Waals surface area contributed by atoms with E-state index in [0.717, 1.165) is 24.2 Å². The molecule has 1 atom stereocenters. The first-order valence-electron chi connectivity index (χ1n) is 6.14. The lowest BCUT2D eigenvalue weighted by Crippen LogP contribution is -2.10. The van der Waals surface area contributed by atoms with Gasteiger partial charge in [-0.15, -0.1) is 5.10 Å². The van der Waals surface area contributed by atoms with Gasteiger partial charge in [-0.05, 0) is 18.9 Å². The van der Waals surface area contributed by atoms with E-state index in [0.29, 0.717) is 12.5 Å². The maximum Gasteiger partial charge on any atom is 0.324 e. The largest absolute Gasteiger partial charge is 0.405 e. The lowest BCUT2D eigenvalue weighted by molar-refractivity contribution is -0.380. The summed E-state index contributed by atoms with van der Waals surface area (Å²) in [7, 11) is 0. The second-order valence-electron chi connectivity index (χ2n) is 4.30. The highest BCUT2D eigenvalue weighted by molar-refractivity contribution is 7.17. The molecule has 0 saturated carbocycles. The molecule has 3 rings (SSSR count). The normalized spacial score (nSPS) is 17.8. The quantitative estimate of drug-likeness (QED) is 0.678. The average molecular weight is 310 g/mol. The number of aromatic nitrogens is 2. The first-order chi connectivity index (χ1) is 10.1. The van der Waals surface area contributed by atoms with Crippen LogP contribution in [0.25, 0.3) is 0 Å². The second kappa shape index (κ2) is 5.58. The Balaban J connectivity index is 1.67. The Kier molecular flexibility index (Phi) is 3.62. The van der Waals surface area contributed by atoms with Crippen molar-refractivity contribution in [2.45, 2.75) is 18.9 Å². The molecule has 2 aromatic rings. The molecule has 0 unspecified atom stereocenters. The fourth-order valence-electron chi connectivity index (χ4n) is 1.89. The Morgan fingerprint density at radius 2 is 2.33 bits per heavy atom. The zero-order chi connectivity index (χ0) is 14.8. The summed E-state index contributed by atoms with van der Waals surface area (Å²) in [6.45, 7) is 0.646. The molecule has 1 aliphatic rings. The lowest BCUT2D eigenvalue weighted by atomic mass is 10.2. The molecule has 21 heavy (non-hydrogen) atoms. The highest BCUT2D eigenvalue weighted by atomic mass is 32.1. The van der Waals surface area contributed by atoms with E-state index in [1.807, 2.05) is 0 Å². The number of thiophene rings is 1. The molecule has 9 nitrogen and oxygen atoms in total. The molecule has 1 saturated heterocycles. The first-order valence-corrected chi connectivity index (χ1v) is 6.96. The third-order valence-electron chi connectivity index (χ3n) is 2.86. The number of carbonyl (C=O) groups excluding carboxylic acids is 1. The number of nitrogens with one attached hydrogen (secondary N) is 1. The molecule has 1 fully saturated rings. The number of rotatable bonds is 4. The Hall–Kier alpha value is -2.33. The lowest BCUT2D eigenvalue weighted by Gasteiger charge is -2.01. The van der Waals surface area contributed by atoms with Crippen LogP contribution in [0.4, 0.5) is 11.0 Å². The van der Waals surface area contributed by atoms with Gasteiger partial charge in [0.2, 0.25) is 5.89 Å². The predicted octanol–water partition coefficient (Wildman–Crippen LogP) is 2.14. The zero-order valence-corrected chi connectivity index (χ0v) is 11.5. The van der Waals surface area contributed by atoms with Crippen molar-refractivity contribution in [2.75, 3.05) is 11.9 Å². The van der Waals surface area contributed by atoms with Crippen molar-refractivity contribution in [3.05, 3.63) is 33.0 Å². The Labute approximate surface area is 122 Å². The van der Waals surface area contributed by atoms with Crippen LogP contribution < -0.4 is 5.32 Å². The summed E-state index contributed by atoms with van der Waals surface area (Å²) in [5.41, 5.74) is 0. The van der Waals surface area contributed by atoms with E-state index in [1.54, 1.807) is 0 Å². The van der Waals surface area contributed by atoms with Crippen LogP contribution in [0.1, 0.15) is 34.5 Å². The molecule has 0 bridgehead atoms. The minimum atomic E-state index is -0.552. The van der Waals surface area contributed by atoms with Crippen LogP contribution in [0, 0.1) is 10.1 Å². The van der Waals surface area contributed by atoms with Gasteiger partial charge in [0.05, 0.1) is 9.80 Å². The van der Waals surface area contributed by atoms with E-state index in [-0.39, 0.29) is 22.0 Å². The molecule has 0 aliphatic carbocycles. The van der Waals surface area contributed by atoms with E-state index in [9.17, 15) is 14.9 Å². The number of amides is 1. The van der Waals surface area contributed by atoms with E-state index in [2.05, 4.69) is 15.5 Å². The third-order valence-corrected chi connectivity index (χ3v) is 3.90. The standard InChI is InChI=1S/C11H10N4O5S/c16-9(7-3-4-8(21-7)15(17)18)12-11-14-13-10(20-11)6-2-1-5-19-6/h3-4,6H,1-2,5H2,(H,12,14,16)/t6-/m1/s1. The molecule has 0 radical (unpaired) electrons. The van der Waals surface area contributed by atoms with Crippen molar-refractivity contribution >= 4 is 28.3 Å². The summed E-state index contributed by atoms with van der Waals surface area (Å²) in [6, 6.07) is 2.59. The number of hydrogen-bond donors (Lipinski definition) is 1. The van der Waals surface area contributed by atoms with Crippen molar-refractivity contribution in [3.8, 4) is 0 Å². The molecular weight excluding hydrogens is 300 g/mol. The molecule has 3 heterocycles. The highest BCUT2D eigenvalue weighted by Gasteiger charge is 2.24. The molecular formula is C11H10N4O5S. The number of hydrogen-bond acceptors (Lipinski definition) is 8. The molecule has 1 N–H and O–H groups in total. The number of nitrogens with zero attached hydrogens (tertiary/aromatic N) is 3. The summed E-state index contributed by atoms with van der Waals surface area (Å²) in [6.07, 6.45) is 1.49. The molecule has 10 heteroatoms. The number of carbonyl (C=O) groups is 1. The average Bonchev–Trinajstić information content (AvgIpc) is 3.19. The second-order valence-corrected chi connectivity index (χ2v) is 5.36. The van der Waals surface area contributed by atoms with E-state index < -0.39 is 10.8 Å². The Bertz CT molecular complexity index is 676. The summed E-state index contributed by atoms with van der Waals surface area (Å²) < 4.78 is 10.7. The van der Waals surface area contributed by atoms with E-state index in [1.165, 1.54) is 12.1 Å². The van der Waals surface area contributed by atoms with Crippen LogP contribution in [0.2, 0.25) is 0 Å². The molecule has 0 aromatic carbocycles. The minimum Gasteiger partial charge on any atom is -0.405 e. The van der Waals surface area contributed by atoms with Gasteiger partial charge in [-0.3, -0.25) is 20.2 Å². The van der Waals surface area contributed by atoms with Crippen LogP contribution in [0.5, 0.6) is 0 Å². The fourth-order valence-corrected chi connectivity index (χ4v) is 2.61. The number of ether oxygens (including phenoxy) is 1. The van der Waals surface area contributed by atoms with Gasteiger partial charge in [0.1, 0.15) is 6.10 Å². The van der Waals surface area contributed by atoms with Gasteiger partial charge in [0, 0.05) is 12.7 Å². The van der Waals surface area contributed by atoms with Crippen LogP contribution in [0.3, 0.4) is 0 Å².